The van der Waals surface area contributed by atoms with Crippen LogP contribution in [-0.2, 0) is 6.18 Å². The van der Waals surface area contributed by atoms with Gasteiger partial charge < -0.3 is 4.74 Å². The first-order valence-corrected chi connectivity index (χ1v) is 5.43. The molecule has 0 bridgehead atoms. The third-order valence-electron chi connectivity index (χ3n) is 2.04. The molecule has 0 fully saturated rings. The third-order valence-corrected chi connectivity index (χ3v) is 2.57. The van der Waals surface area contributed by atoms with Crippen LogP contribution in [0.25, 0.3) is 0 Å². The lowest BCUT2D eigenvalue weighted by Crippen LogP contribution is -2.12. The van der Waals surface area contributed by atoms with Crippen molar-refractivity contribution >= 4 is 11.6 Å². The lowest BCUT2D eigenvalue weighted by Gasteiger charge is -2.13. The van der Waals surface area contributed by atoms with E-state index in [4.69, 9.17) is 16.3 Å². The van der Waals surface area contributed by atoms with E-state index in [2.05, 4.69) is 0 Å². The van der Waals surface area contributed by atoms with Gasteiger partial charge in [-0.05, 0) is 18.2 Å². The van der Waals surface area contributed by atoms with E-state index in [0.717, 1.165) is 12.1 Å². The van der Waals surface area contributed by atoms with Crippen LogP contribution in [0.4, 0.5) is 17.6 Å². The average molecular weight is 271 g/mol. The molecule has 6 heteroatoms. The first kappa shape index (κ1) is 14.1. The number of ether oxygens (including phenoxy) is 1. The van der Waals surface area contributed by atoms with Crippen molar-refractivity contribution in [2.45, 2.75) is 13.1 Å². The van der Waals surface area contributed by atoms with E-state index >= 15 is 0 Å². The third kappa shape index (κ3) is 4.07. The molecule has 0 radical (unpaired) electrons. The molecule has 0 N–H and O–H groups in total. The molecular formula is C11H11ClF4O. The summed E-state index contributed by atoms with van der Waals surface area (Å²) >= 11 is 5.53. The van der Waals surface area contributed by atoms with Crippen LogP contribution in [0.2, 0.25) is 0 Å². The van der Waals surface area contributed by atoms with Gasteiger partial charge in [-0.1, -0.05) is 6.92 Å². The van der Waals surface area contributed by atoms with Crippen molar-refractivity contribution < 1.29 is 22.3 Å². The smallest absolute Gasteiger partial charge is 0.419 e. The van der Waals surface area contributed by atoms with Crippen LogP contribution < -0.4 is 4.74 Å². The molecule has 1 rings (SSSR count). The molecule has 0 spiro atoms. The first-order chi connectivity index (χ1) is 7.84. The van der Waals surface area contributed by atoms with Gasteiger partial charge in [0, 0.05) is 11.8 Å². The highest BCUT2D eigenvalue weighted by Crippen LogP contribution is 2.33. The van der Waals surface area contributed by atoms with Crippen LogP contribution in [0.1, 0.15) is 12.5 Å². The summed E-state index contributed by atoms with van der Waals surface area (Å²) in [6.07, 6.45) is -4.72. The Balaban J connectivity index is 2.82. The summed E-state index contributed by atoms with van der Waals surface area (Å²) in [4.78, 5) is 0. The van der Waals surface area contributed by atoms with Crippen LogP contribution >= 0.6 is 11.6 Å². The number of rotatable bonds is 4. The van der Waals surface area contributed by atoms with Crippen LogP contribution in [-0.4, -0.2) is 12.5 Å². The van der Waals surface area contributed by atoms with Crippen molar-refractivity contribution in [1.82, 2.24) is 0 Å². The standard InChI is InChI=1S/C11H11ClF4O/c1-7(5-12)6-17-8-2-3-10(13)9(4-8)11(14,15)16/h2-4,7H,5-6H2,1H3. The Morgan fingerprint density at radius 2 is 2.00 bits per heavy atom. The fourth-order valence-corrected chi connectivity index (χ4v) is 1.18. The second kappa shape index (κ2) is 5.58. The maximum absolute atomic E-state index is 12.9. The fourth-order valence-electron chi connectivity index (χ4n) is 1.09. The van der Waals surface area contributed by atoms with Crippen molar-refractivity contribution in [3.8, 4) is 5.75 Å². The largest absolute Gasteiger partial charge is 0.493 e. The quantitative estimate of drug-likeness (QED) is 0.591. The van der Waals surface area contributed by atoms with Gasteiger partial charge in [0.15, 0.2) is 0 Å². The minimum atomic E-state index is -4.72. The Morgan fingerprint density at radius 3 is 2.53 bits per heavy atom. The van der Waals surface area contributed by atoms with Crippen LogP contribution in [0.3, 0.4) is 0 Å². The van der Waals surface area contributed by atoms with Crippen molar-refractivity contribution in [2.24, 2.45) is 5.92 Å². The molecule has 0 amide bonds. The Bertz CT molecular complexity index is 378. The van der Waals surface area contributed by atoms with Crippen molar-refractivity contribution in [3.05, 3.63) is 29.6 Å². The maximum atomic E-state index is 12.9. The molecule has 1 nitrogen and oxygen atoms in total. The zero-order valence-corrected chi connectivity index (χ0v) is 9.78. The second-order valence-corrected chi connectivity index (χ2v) is 4.02. The number of hydrogen-bond donors (Lipinski definition) is 0. The maximum Gasteiger partial charge on any atom is 0.419 e. The minimum Gasteiger partial charge on any atom is -0.493 e. The van der Waals surface area contributed by atoms with Gasteiger partial charge >= 0.3 is 6.18 Å². The first-order valence-electron chi connectivity index (χ1n) is 4.90. The summed E-state index contributed by atoms with van der Waals surface area (Å²) < 4.78 is 55.2. The highest BCUT2D eigenvalue weighted by molar-refractivity contribution is 6.18. The van der Waals surface area contributed by atoms with Gasteiger partial charge in [-0.2, -0.15) is 13.2 Å². The minimum absolute atomic E-state index is 0.0102. The number of benzene rings is 1. The molecule has 1 aromatic rings. The molecule has 17 heavy (non-hydrogen) atoms. The number of halogens is 5. The Labute approximate surface area is 101 Å². The van der Waals surface area contributed by atoms with E-state index < -0.39 is 17.6 Å². The SMILES string of the molecule is CC(CCl)COc1ccc(F)c(C(F)(F)F)c1. The Morgan fingerprint density at radius 1 is 1.35 bits per heavy atom. The Kier molecular flexibility index (Phi) is 4.62. The van der Waals surface area contributed by atoms with Crippen LogP contribution in [0.5, 0.6) is 5.75 Å². The molecule has 1 aromatic carbocycles. The zero-order valence-electron chi connectivity index (χ0n) is 9.02. The molecule has 0 aliphatic heterocycles. The summed E-state index contributed by atoms with van der Waals surface area (Å²) in [6, 6.07) is 2.55. The van der Waals surface area contributed by atoms with Gasteiger partial charge in [0.05, 0.1) is 12.2 Å². The van der Waals surface area contributed by atoms with Crippen molar-refractivity contribution in [1.29, 1.82) is 0 Å². The molecule has 1 atom stereocenters. The van der Waals surface area contributed by atoms with E-state index in [1.807, 2.05) is 0 Å². The molecule has 0 heterocycles. The number of alkyl halides is 4. The fraction of sp³-hybridized carbons (Fsp3) is 0.455. The molecule has 96 valence electrons. The zero-order chi connectivity index (χ0) is 13.1. The van der Waals surface area contributed by atoms with Gasteiger partial charge in [0.25, 0.3) is 0 Å². The van der Waals surface area contributed by atoms with Gasteiger partial charge in [0.2, 0.25) is 0 Å². The van der Waals surface area contributed by atoms with Crippen molar-refractivity contribution in [3.63, 3.8) is 0 Å². The number of hydrogen-bond acceptors (Lipinski definition) is 1. The van der Waals surface area contributed by atoms with Gasteiger partial charge in [0.1, 0.15) is 11.6 Å². The van der Waals surface area contributed by atoms with Crippen LogP contribution in [0.15, 0.2) is 18.2 Å². The summed E-state index contributed by atoms with van der Waals surface area (Å²) in [5, 5.41) is 0. The lowest BCUT2D eigenvalue weighted by molar-refractivity contribution is -0.140. The summed E-state index contributed by atoms with van der Waals surface area (Å²) in [5.74, 6) is -0.977. The molecule has 0 aliphatic rings. The van der Waals surface area contributed by atoms with E-state index in [0.29, 0.717) is 11.9 Å². The monoisotopic (exact) mass is 270 g/mol. The predicted molar refractivity (Wildman–Crippen MR) is 56.8 cm³/mol. The van der Waals surface area contributed by atoms with E-state index in [9.17, 15) is 17.6 Å². The predicted octanol–water partition coefficient (Wildman–Crippen LogP) is 4.10. The molecule has 1 unspecified atom stereocenters. The van der Waals surface area contributed by atoms with Gasteiger partial charge in [-0.3, -0.25) is 0 Å². The molecular weight excluding hydrogens is 260 g/mol. The highest BCUT2D eigenvalue weighted by Gasteiger charge is 2.34. The summed E-state index contributed by atoms with van der Waals surface area (Å²) in [6.45, 7) is 1.98. The molecule has 0 saturated carbocycles. The molecule has 0 aliphatic carbocycles. The van der Waals surface area contributed by atoms with Crippen LogP contribution in [0, 0.1) is 11.7 Å². The highest BCUT2D eigenvalue weighted by atomic mass is 35.5. The summed E-state index contributed by atoms with van der Waals surface area (Å²) in [5.41, 5.74) is -1.33. The Hall–Kier alpha value is -0.970. The lowest BCUT2D eigenvalue weighted by atomic mass is 10.2. The van der Waals surface area contributed by atoms with E-state index in [1.165, 1.54) is 0 Å². The normalized spacial score (nSPS) is 13.5. The van der Waals surface area contributed by atoms with Gasteiger partial charge in [-0.15, -0.1) is 11.6 Å². The van der Waals surface area contributed by atoms with E-state index in [1.54, 1.807) is 6.92 Å². The van der Waals surface area contributed by atoms with Gasteiger partial charge in [-0.25, -0.2) is 4.39 Å². The average Bonchev–Trinajstić information content (AvgIpc) is 2.26. The molecule has 0 saturated heterocycles. The van der Waals surface area contributed by atoms with E-state index in [-0.39, 0.29) is 18.3 Å². The molecule has 0 aromatic heterocycles. The summed E-state index contributed by atoms with van der Waals surface area (Å²) in [7, 11) is 0. The second-order valence-electron chi connectivity index (χ2n) is 3.71. The van der Waals surface area contributed by atoms with Crippen molar-refractivity contribution in [2.75, 3.05) is 12.5 Å². The topological polar surface area (TPSA) is 9.23 Å².